The monoisotopic (exact) mass is 252 g/mol. The fourth-order valence-corrected chi connectivity index (χ4v) is 2.07. The highest BCUT2D eigenvalue weighted by atomic mass is 16.6. The molecule has 0 amide bonds. The molecular formula is C11H16N4O3. The Kier molecular flexibility index (Phi) is 3.61. The number of aromatic nitrogens is 1. The number of ether oxygens (including phenoxy) is 1. The Hall–Kier alpha value is -1.89. The van der Waals surface area contributed by atoms with Crippen molar-refractivity contribution >= 4 is 17.3 Å². The van der Waals surface area contributed by atoms with E-state index in [0.717, 1.165) is 6.42 Å². The summed E-state index contributed by atoms with van der Waals surface area (Å²) in [6.07, 6.45) is 0.893. The highest BCUT2D eigenvalue weighted by molar-refractivity contribution is 5.54. The molecule has 1 aromatic rings. The second-order valence-electron chi connectivity index (χ2n) is 4.20. The molecule has 2 N–H and O–H groups in total. The van der Waals surface area contributed by atoms with Crippen LogP contribution in [0.4, 0.5) is 17.3 Å². The van der Waals surface area contributed by atoms with Gasteiger partial charge in [-0.1, -0.05) is 6.92 Å². The van der Waals surface area contributed by atoms with Crippen LogP contribution in [0.25, 0.3) is 0 Å². The minimum atomic E-state index is -0.455. The van der Waals surface area contributed by atoms with Crippen LogP contribution in [0.1, 0.15) is 13.3 Å². The van der Waals surface area contributed by atoms with E-state index < -0.39 is 4.92 Å². The Labute approximate surface area is 105 Å². The van der Waals surface area contributed by atoms with Gasteiger partial charge in [0, 0.05) is 6.54 Å². The Morgan fingerprint density at radius 3 is 3.11 bits per heavy atom. The number of nitrogen functional groups attached to an aromatic ring is 1. The summed E-state index contributed by atoms with van der Waals surface area (Å²) in [6, 6.07) is 2.92. The summed E-state index contributed by atoms with van der Waals surface area (Å²) >= 11 is 0. The van der Waals surface area contributed by atoms with Gasteiger partial charge in [-0.25, -0.2) is 4.98 Å². The maximum Gasteiger partial charge on any atom is 0.276 e. The zero-order valence-electron chi connectivity index (χ0n) is 10.2. The molecular weight excluding hydrogens is 236 g/mol. The predicted molar refractivity (Wildman–Crippen MR) is 67.5 cm³/mol. The largest absolute Gasteiger partial charge is 0.383 e. The van der Waals surface area contributed by atoms with Gasteiger partial charge in [0.15, 0.2) is 0 Å². The van der Waals surface area contributed by atoms with Gasteiger partial charge in [-0.2, -0.15) is 0 Å². The molecule has 0 aromatic carbocycles. The number of hydrogen-bond acceptors (Lipinski definition) is 6. The summed E-state index contributed by atoms with van der Waals surface area (Å²) < 4.78 is 5.40. The molecule has 18 heavy (non-hydrogen) atoms. The van der Waals surface area contributed by atoms with Crippen LogP contribution in [0.5, 0.6) is 0 Å². The Bertz CT molecular complexity index is 452. The number of morpholine rings is 1. The maximum absolute atomic E-state index is 10.8. The van der Waals surface area contributed by atoms with E-state index in [2.05, 4.69) is 4.98 Å². The second kappa shape index (κ2) is 5.18. The molecule has 0 radical (unpaired) electrons. The summed E-state index contributed by atoms with van der Waals surface area (Å²) in [5.41, 5.74) is 5.59. The van der Waals surface area contributed by atoms with Gasteiger partial charge < -0.3 is 15.4 Å². The lowest BCUT2D eigenvalue weighted by molar-refractivity contribution is -0.384. The van der Waals surface area contributed by atoms with Gasteiger partial charge in [0.05, 0.1) is 36.3 Å². The summed E-state index contributed by atoms with van der Waals surface area (Å²) in [6.45, 7) is 3.93. The molecule has 2 heterocycles. The number of pyridine rings is 1. The lowest BCUT2D eigenvalue weighted by atomic mass is 10.1. The zero-order valence-corrected chi connectivity index (χ0v) is 10.2. The van der Waals surface area contributed by atoms with E-state index in [4.69, 9.17) is 10.5 Å². The van der Waals surface area contributed by atoms with E-state index in [-0.39, 0.29) is 17.5 Å². The lowest BCUT2D eigenvalue weighted by Crippen LogP contribution is -2.45. The van der Waals surface area contributed by atoms with E-state index in [9.17, 15) is 10.1 Å². The van der Waals surface area contributed by atoms with Gasteiger partial charge in [-0.15, -0.1) is 0 Å². The van der Waals surface area contributed by atoms with Crippen LogP contribution in [-0.2, 0) is 4.74 Å². The minimum absolute atomic E-state index is 0.0288. The second-order valence-corrected chi connectivity index (χ2v) is 4.20. The van der Waals surface area contributed by atoms with Crippen molar-refractivity contribution in [3.05, 3.63) is 22.2 Å². The molecule has 0 saturated carbocycles. The van der Waals surface area contributed by atoms with Crippen molar-refractivity contribution in [3.8, 4) is 0 Å². The van der Waals surface area contributed by atoms with Crippen molar-refractivity contribution in [2.45, 2.75) is 19.4 Å². The van der Waals surface area contributed by atoms with Gasteiger partial charge in [0.2, 0.25) is 0 Å². The Morgan fingerprint density at radius 1 is 1.67 bits per heavy atom. The normalized spacial score (nSPS) is 19.8. The first-order valence-electron chi connectivity index (χ1n) is 5.88. The van der Waals surface area contributed by atoms with Crippen molar-refractivity contribution in [3.63, 3.8) is 0 Å². The van der Waals surface area contributed by atoms with Crippen molar-refractivity contribution in [2.24, 2.45) is 0 Å². The van der Waals surface area contributed by atoms with Crippen LogP contribution in [0.2, 0.25) is 0 Å². The van der Waals surface area contributed by atoms with Crippen molar-refractivity contribution < 1.29 is 9.66 Å². The number of hydrogen-bond donors (Lipinski definition) is 1. The highest BCUT2D eigenvalue weighted by Crippen LogP contribution is 2.25. The third kappa shape index (κ3) is 2.51. The summed E-state index contributed by atoms with van der Waals surface area (Å²) in [5, 5.41) is 10.8. The van der Waals surface area contributed by atoms with Crippen molar-refractivity contribution in [1.29, 1.82) is 0 Å². The number of nitrogens with two attached hydrogens (primary N) is 1. The van der Waals surface area contributed by atoms with Crippen LogP contribution >= 0.6 is 0 Å². The first-order chi connectivity index (χ1) is 8.61. The summed E-state index contributed by atoms with van der Waals surface area (Å²) in [5.74, 6) is 0.720. The van der Waals surface area contributed by atoms with E-state index >= 15 is 0 Å². The van der Waals surface area contributed by atoms with Crippen molar-refractivity contribution in [1.82, 2.24) is 4.98 Å². The minimum Gasteiger partial charge on any atom is -0.383 e. The standard InChI is InChI=1S/C11H16N4O3/c1-2-8-7-18-4-3-14(8)11-6-9(15(16)17)5-10(12)13-11/h5-6,8H,2-4,7H2,1H3,(H2,12,13). The van der Waals surface area contributed by atoms with Crippen LogP contribution in [0.15, 0.2) is 12.1 Å². The maximum atomic E-state index is 10.8. The summed E-state index contributed by atoms with van der Waals surface area (Å²) in [7, 11) is 0. The quantitative estimate of drug-likeness (QED) is 0.641. The van der Waals surface area contributed by atoms with Crippen LogP contribution in [-0.4, -0.2) is 35.7 Å². The molecule has 2 rings (SSSR count). The number of nitrogens with zero attached hydrogens (tertiary/aromatic N) is 3. The van der Waals surface area contributed by atoms with E-state index in [1.165, 1.54) is 12.1 Å². The molecule has 0 bridgehead atoms. The van der Waals surface area contributed by atoms with E-state index in [1.807, 2.05) is 11.8 Å². The highest BCUT2D eigenvalue weighted by Gasteiger charge is 2.24. The van der Waals surface area contributed by atoms with E-state index in [0.29, 0.717) is 25.6 Å². The molecule has 0 spiro atoms. The van der Waals surface area contributed by atoms with Gasteiger partial charge in [-0.05, 0) is 6.42 Å². The van der Waals surface area contributed by atoms with Crippen LogP contribution in [0, 0.1) is 10.1 Å². The molecule has 0 aliphatic carbocycles. The van der Waals surface area contributed by atoms with Gasteiger partial charge >= 0.3 is 0 Å². The van der Waals surface area contributed by atoms with E-state index in [1.54, 1.807) is 0 Å². The lowest BCUT2D eigenvalue weighted by Gasteiger charge is -2.35. The number of anilines is 2. The smallest absolute Gasteiger partial charge is 0.276 e. The molecule has 7 nitrogen and oxygen atoms in total. The van der Waals surface area contributed by atoms with Crippen LogP contribution in [0.3, 0.4) is 0 Å². The topological polar surface area (TPSA) is 94.5 Å². The van der Waals surface area contributed by atoms with Crippen LogP contribution < -0.4 is 10.6 Å². The molecule has 1 aliphatic rings. The average molecular weight is 252 g/mol. The molecule has 1 aromatic heterocycles. The molecule has 1 fully saturated rings. The third-order valence-corrected chi connectivity index (χ3v) is 3.02. The molecule has 7 heteroatoms. The van der Waals surface area contributed by atoms with Gasteiger partial charge in [0.1, 0.15) is 11.6 Å². The fraction of sp³-hybridized carbons (Fsp3) is 0.545. The Morgan fingerprint density at radius 2 is 2.44 bits per heavy atom. The van der Waals surface area contributed by atoms with Crippen molar-refractivity contribution in [2.75, 3.05) is 30.4 Å². The fourth-order valence-electron chi connectivity index (χ4n) is 2.07. The average Bonchev–Trinajstić information content (AvgIpc) is 2.38. The number of rotatable bonds is 3. The molecule has 1 aliphatic heterocycles. The number of nitro groups is 1. The van der Waals surface area contributed by atoms with Gasteiger partial charge in [-0.3, -0.25) is 10.1 Å². The summed E-state index contributed by atoms with van der Waals surface area (Å²) in [4.78, 5) is 16.6. The molecule has 1 unspecified atom stereocenters. The molecule has 1 saturated heterocycles. The molecule has 1 atom stereocenters. The predicted octanol–water partition coefficient (Wildman–Crippen LogP) is 1.19. The molecule has 98 valence electrons. The van der Waals surface area contributed by atoms with Gasteiger partial charge in [0.25, 0.3) is 5.69 Å². The Balaban J connectivity index is 2.33. The first kappa shape index (κ1) is 12.6. The first-order valence-corrected chi connectivity index (χ1v) is 5.88. The third-order valence-electron chi connectivity index (χ3n) is 3.02. The SMILES string of the molecule is CCC1COCCN1c1cc([N+](=O)[O-])cc(N)n1. The zero-order chi connectivity index (χ0) is 13.1.